The van der Waals surface area contributed by atoms with E-state index < -0.39 is 10.0 Å². The summed E-state index contributed by atoms with van der Waals surface area (Å²) in [6, 6.07) is 14.9. The van der Waals surface area contributed by atoms with E-state index in [1.165, 1.54) is 0 Å². The molecular formula is C20H21N3O3S. The second kappa shape index (κ2) is 7.62. The van der Waals surface area contributed by atoms with Gasteiger partial charge in [-0.2, -0.15) is 0 Å². The third-order valence-electron chi connectivity index (χ3n) is 4.85. The van der Waals surface area contributed by atoms with Gasteiger partial charge >= 0.3 is 6.01 Å². The van der Waals surface area contributed by atoms with Gasteiger partial charge in [0.15, 0.2) is 0 Å². The molecule has 2 aromatic carbocycles. The molecule has 0 bridgehead atoms. The second-order valence-electron chi connectivity index (χ2n) is 6.72. The molecule has 7 heteroatoms. The minimum atomic E-state index is -3.58. The van der Waals surface area contributed by atoms with E-state index in [9.17, 15) is 8.42 Å². The molecule has 1 N–H and O–H groups in total. The third kappa shape index (κ3) is 4.09. The number of fused-ring (bicyclic) bond motifs is 1. The van der Waals surface area contributed by atoms with E-state index in [-0.39, 0.29) is 12.1 Å². The highest BCUT2D eigenvalue weighted by atomic mass is 32.2. The molecule has 1 aromatic heterocycles. The fraction of sp³-hybridized carbons (Fsp3) is 0.300. The average Bonchev–Trinajstić information content (AvgIpc) is 2.70. The Labute approximate surface area is 158 Å². The summed E-state index contributed by atoms with van der Waals surface area (Å²) in [7, 11) is -3.58. The van der Waals surface area contributed by atoms with E-state index in [1.807, 2.05) is 30.3 Å². The smallest absolute Gasteiger partial charge is 0.316 e. The van der Waals surface area contributed by atoms with E-state index in [0.29, 0.717) is 10.9 Å². The minimum Gasteiger partial charge on any atom is -0.460 e. The standard InChI is InChI=1S/C20H21N3O3S/c24-27(25,19-8-3-6-15-5-1-2-7-18(15)19)23-16-9-11-17(12-10-16)26-20-21-13-4-14-22-20/h1-8,13-14,16-17,23H,9-12H2. The van der Waals surface area contributed by atoms with E-state index in [4.69, 9.17) is 4.74 Å². The van der Waals surface area contributed by atoms with Gasteiger partial charge in [-0.15, -0.1) is 0 Å². The van der Waals surface area contributed by atoms with Gasteiger partial charge in [0.05, 0.1) is 4.90 Å². The van der Waals surface area contributed by atoms with Crippen molar-refractivity contribution in [3.8, 4) is 6.01 Å². The number of hydrogen-bond donors (Lipinski definition) is 1. The summed E-state index contributed by atoms with van der Waals surface area (Å²) in [4.78, 5) is 8.48. The number of aromatic nitrogens is 2. The number of rotatable bonds is 5. The molecule has 27 heavy (non-hydrogen) atoms. The van der Waals surface area contributed by atoms with Crippen molar-refractivity contribution in [2.45, 2.75) is 42.7 Å². The first-order chi connectivity index (χ1) is 13.1. The molecule has 1 aliphatic carbocycles. The van der Waals surface area contributed by atoms with E-state index in [0.717, 1.165) is 36.5 Å². The second-order valence-corrected chi connectivity index (χ2v) is 8.40. The molecule has 0 spiro atoms. The van der Waals surface area contributed by atoms with Crippen LogP contribution in [0.15, 0.2) is 65.8 Å². The van der Waals surface area contributed by atoms with Gasteiger partial charge in [0, 0.05) is 23.8 Å². The van der Waals surface area contributed by atoms with Crippen LogP contribution in [0.3, 0.4) is 0 Å². The molecule has 0 aliphatic heterocycles. The Hall–Kier alpha value is -2.51. The average molecular weight is 383 g/mol. The Morgan fingerprint density at radius 2 is 1.59 bits per heavy atom. The Morgan fingerprint density at radius 3 is 2.37 bits per heavy atom. The molecule has 0 atom stereocenters. The van der Waals surface area contributed by atoms with Crippen molar-refractivity contribution in [2.75, 3.05) is 0 Å². The molecule has 1 heterocycles. The quantitative estimate of drug-likeness (QED) is 0.731. The normalized spacial score (nSPS) is 20.4. The third-order valence-corrected chi connectivity index (χ3v) is 6.43. The Balaban J connectivity index is 1.42. The van der Waals surface area contributed by atoms with Crippen molar-refractivity contribution in [1.29, 1.82) is 0 Å². The topological polar surface area (TPSA) is 81.2 Å². The summed E-state index contributed by atoms with van der Waals surface area (Å²) in [5, 5.41) is 1.66. The van der Waals surface area contributed by atoms with E-state index in [2.05, 4.69) is 14.7 Å². The molecule has 1 saturated carbocycles. The van der Waals surface area contributed by atoms with E-state index in [1.54, 1.807) is 30.6 Å². The summed E-state index contributed by atoms with van der Waals surface area (Å²) in [6.45, 7) is 0. The first kappa shape index (κ1) is 17.9. The van der Waals surface area contributed by atoms with Crippen molar-refractivity contribution in [3.05, 3.63) is 60.9 Å². The molecule has 1 fully saturated rings. The van der Waals surface area contributed by atoms with Gasteiger partial charge in [-0.3, -0.25) is 0 Å². The van der Waals surface area contributed by atoms with Gasteiger partial charge in [0.1, 0.15) is 6.10 Å². The monoisotopic (exact) mass is 383 g/mol. The highest BCUT2D eigenvalue weighted by molar-refractivity contribution is 7.89. The van der Waals surface area contributed by atoms with Crippen LogP contribution in [0.4, 0.5) is 0 Å². The highest BCUT2D eigenvalue weighted by Gasteiger charge is 2.27. The van der Waals surface area contributed by atoms with Crippen LogP contribution in [0, 0.1) is 0 Å². The number of sulfonamides is 1. The van der Waals surface area contributed by atoms with Gasteiger partial charge < -0.3 is 4.74 Å². The predicted molar refractivity (Wildman–Crippen MR) is 103 cm³/mol. The molecule has 3 aromatic rings. The van der Waals surface area contributed by atoms with Crippen molar-refractivity contribution >= 4 is 20.8 Å². The van der Waals surface area contributed by atoms with Gasteiger partial charge in [-0.25, -0.2) is 23.1 Å². The summed E-state index contributed by atoms with van der Waals surface area (Å²) in [5.74, 6) is 0. The lowest BCUT2D eigenvalue weighted by molar-refractivity contribution is 0.132. The van der Waals surface area contributed by atoms with Crippen LogP contribution in [-0.4, -0.2) is 30.5 Å². The maximum absolute atomic E-state index is 12.9. The lowest BCUT2D eigenvalue weighted by Gasteiger charge is -2.28. The zero-order chi connectivity index (χ0) is 18.7. The van der Waals surface area contributed by atoms with Crippen molar-refractivity contribution < 1.29 is 13.2 Å². The molecule has 6 nitrogen and oxygen atoms in total. The molecule has 140 valence electrons. The zero-order valence-electron chi connectivity index (χ0n) is 14.8. The molecule has 0 saturated heterocycles. The molecule has 0 amide bonds. The van der Waals surface area contributed by atoms with Gasteiger partial charge in [0.2, 0.25) is 10.0 Å². The van der Waals surface area contributed by atoms with Gasteiger partial charge in [-0.1, -0.05) is 36.4 Å². The maximum atomic E-state index is 12.9. The Kier molecular flexibility index (Phi) is 5.05. The Morgan fingerprint density at radius 1 is 0.889 bits per heavy atom. The SMILES string of the molecule is O=S(=O)(NC1CCC(Oc2ncccn2)CC1)c1cccc2ccccc12. The number of ether oxygens (including phenoxy) is 1. The molecular weight excluding hydrogens is 362 g/mol. The fourth-order valence-electron chi connectivity index (χ4n) is 3.51. The number of benzene rings is 2. The van der Waals surface area contributed by atoms with Crippen molar-refractivity contribution in [2.24, 2.45) is 0 Å². The molecule has 0 unspecified atom stereocenters. The number of nitrogens with one attached hydrogen (secondary N) is 1. The largest absolute Gasteiger partial charge is 0.460 e. The molecule has 0 radical (unpaired) electrons. The lowest BCUT2D eigenvalue weighted by Crippen LogP contribution is -2.39. The van der Waals surface area contributed by atoms with Crippen LogP contribution in [-0.2, 0) is 10.0 Å². The first-order valence-corrected chi connectivity index (χ1v) is 10.5. The summed E-state index contributed by atoms with van der Waals surface area (Å²) in [6.07, 6.45) is 6.29. The van der Waals surface area contributed by atoms with Crippen LogP contribution in [0.2, 0.25) is 0 Å². The van der Waals surface area contributed by atoms with Crippen LogP contribution in [0.1, 0.15) is 25.7 Å². The predicted octanol–water partition coefficient (Wildman–Crippen LogP) is 3.30. The highest BCUT2D eigenvalue weighted by Crippen LogP contribution is 2.26. The van der Waals surface area contributed by atoms with E-state index >= 15 is 0 Å². The van der Waals surface area contributed by atoms with Crippen LogP contribution >= 0.6 is 0 Å². The zero-order valence-corrected chi connectivity index (χ0v) is 15.6. The molecule has 1 aliphatic rings. The van der Waals surface area contributed by atoms with Crippen LogP contribution in [0.5, 0.6) is 6.01 Å². The number of hydrogen-bond acceptors (Lipinski definition) is 5. The van der Waals surface area contributed by atoms with Crippen LogP contribution < -0.4 is 9.46 Å². The first-order valence-electron chi connectivity index (χ1n) is 9.05. The van der Waals surface area contributed by atoms with Crippen LogP contribution in [0.25, 0.3) is 10.8 Å². The van der Waals surface area contributed by atoms with Gasteiger partial charge in [0.25, 0.3) is 0 Å². The molecule has 4 rings (SSSR count). The minimum absolute atomic E-state index is 0.0192. The van der Waals surface area contributed by atoms with Gasteiger partial charge in [-0.05, 0) is 43.2 Å². The number of nitrogens with zero attached hydrogens (tertiary/aromatic N) is 2. The van der Waals surface area contributed by atoms with Crippen molar-refractivity contribution in [3.63, 3.8) is 0 Å². The summed E-state index contributed by atoms with van der Waals surface area (Å²) < 4.78 is 34.5. The fourth-order valence-corrected chi connectivity index (χ4v) is 5.04. The lowest BCUT2D eigenvalue weighted by atomic mass is 9.94. The summed E-state index contributed by atoms with van der Waals surface area (Å²) in [5.41, 5.74) is 0. The van der Waals surface area contributed by atoms with Crippen molar-refractivity contribution in [1.82, 2.24) is 14.7 Å². The summed E-state index contributed by atoms with van der Waals surface area (Å²) >= 11 is 0. The Bertz CT molecular complexity index is 1010. The maximum Gasteiger partial charge on any atom is 0.316 e.